The summed E-state index contributed by atoms with van der Waals surface area (Å²) in [4.78, 5) is 2.27. The van der Waals surface area contributed by atoms with E-state index in [0.717, 1.165) is 27.5 Å². The van der Waals surface area contributed by atoms with Gasteiger partial charge in [-0.1, -0.05) is 20.8 Å². The monoisotopic (exact) mass is 278 g/mol. The summed E-state index contributed by atoms with van der Waals surface area (Å²) >= 11 is 1.68. The van der Waals surface area contributed by atoms with E-state index in [2.05, 4.69) is 26.8 Å². The lowest BCUT2D eigenvalue weighted by Crippen LogP contribution is -2.07. The Morgan fingerprint density at radius 3 is 2.16 bits per heavy atom. The van der Waals surface area contributed by atoms with Crippen molar-refractivity contribution in [3.8, 4) is 0 Å². The van der Waals surface area contributed by atoms with E-state index in [1.807, 2.05) is 26.8 Å². The van der Waals surface area contributed by atoms with Crippen LogP contribution in [0, 0.1) is 20.8 Å². The maximum absolute atomic E-state index is 10.6. The van der Waals surface area contributed by atoms with Gasteiger partial charge in [-0.05, 0) is 43.9 Å². The standard InChI is InChI=1S/C16H22O2S/c1-9-10(2)18-11(3)14(9)15(17)12-7-8-13(19-12)16(4,5)6/h7-8,15,17H,1-6H3. The van der Waals surface area contributed by atoms with Crippen molar-refractivity contribution in [2.45, 2.75) is 53.1 Å². The lowest BCUT2D eigenvalue weighted by molar-refractivity contribution is 0.221. The first-order valence-electron chi connectivity index (χ1n) is 6.56. The summed E-state index contributed by atoms with van der Waals surface area (Å²) in [6, 6.07) is 4.14. The second-order valence-corrected chi connectivity index (χ2v) is 7.22. The second kappa shape index (κ2) is 4.80. The maximum Gasteiger partial charge on any atom is 0.117 e. The summed E-state index contributed by atoms with van der Waals surface area (Å²) in [5.41, 5.74) is 2.09. The van der Waals surface area contributed by atoms with Crippen LogP contribution in [0.3, 0.4) is 0 Å². The molecule has 0 aliphatic heterocycles. The molecule has 0 saturated heterocycles. The van der Waals surface area contributed by atoms with Gasteiger partial charge in [-0.2, -0.15) is 0 Å². The van der Waals surface area contributed by atoms with Crippen molar-refractivity contribution in [2.24, 2.45) is 0 Å². The molecule has 1 unspecified atom stereocenters. The third kappa shape index (κ3) is 2.63. The third-order valence-corrected chi connectivity index (χ3v) is 5.09. The van der Waals surface area contributed by atoms with Gasteiger partial charge in [0.15, 0.2) is 0 Å². The minimum absolute atomic E-state index is 0.124. The minimum Gasteiger partial charge on any atom is -0.466 e. The predicted octanol–water partition coefficient (Wildman–Crippen LogP) is 4.65. The molecular weight excluding hydrogens is 256 g/mol. The van der Waals surface area contributed by atoms with Crippen molar-refractivity contribution in [1.82, 2.24) is 0 Å². The van der Waals surface area contributed by atoms with Gasteiger partial charge in [0.1, 0.15) is 17.6 Å². The lowest BCUT2D eigenvalue weighted by atomic mass is 9.95. The van der Waals surface area contributed by atoms with E-state index < -0.39 is 6.10 Å². The van der Waals surface area contributed by atoms with Crippen molar-refractivity contribution < 1.29 is 9.52 Å². The number of rotatable bonds is 2. The summed E-state index contributed by atoms with van der Waals surface area (Å²) in [7, 11) is 0. The predicted molar refractivity (Wildman–Crippen MR) is 80.0 cm³/mol. The van der Waals surface area contributed by atoms with Gasteiger partial charge in [0.25, 0.3) is 0 Å². The number of hydrogen-bond acceptors (Lipinski definition) is 3. The van der Waals surface area contributed by atoms with Crippen LogP contribution in [0.2, 0.25) is 0 Å². The Balaban J connectivity index is 2.39. The van der Waals surface area contributed by atoms with E-state index in [4.69, 9.17) is 4.42 Å². The molecule has 3 heteroatoms. The van der Waals surface area contributed by atoms with Gasteiger partial charge >= 0.3 is 0 Å². The number of aliphatic hydroxyl groups is 1. The molecule has 2 rings (SSSR count). The van der Waals surface area contributed by atoms with Crippen molar-refractivity contribution in [2.75, 3.05) is 0 Å². The highest BCUT2D eigenvalue weighted by Gasteiger charge is 2.24. The van der Waals surface area contributed by atoms with Gasteiger partial charge in [-0.15, -0.1) is 11.3 Å². The Morgan fingerprint density at radius 1 is 1.11 bits per heavy atom. The molecule has 0 aromatic carbocycles. The topological polar surface area (TPSA) is 33.4 Å². The van der Waals surface area contributed by atoms with Gasteiger partial charge in [0.2, 0.25) is 0 Å². The Hall–Kier alpha value is -1.06. The van der Waals surface area contributed by atoms with Crippen LogP contribution in [0.1, 0.15) is 59.3 Å². The van der Waals surface area contributed by atoms with E-state index in [1.165, 1.54) is 4.88 Å². The van der Waals surface area contributed by atoms with E-state index >= 15 is 0 Å². The van der Waals surface area contributed by atoms with Crippen LogP contribution in [0.15, 0.2) is 16.5 Å². The summed E-state index contributed by atoms with van der Waals surface area (Å²) in [6.07, 6.45) is -0.585. The summed E-state index contributed by atoms with van der Waals surface area (Å²) in [6.45, 7) is 12.4. The second-order valence-electron chi connectivity index (χ2n) is 6.11. The molecule has 0 aliphatic rings. The smallest absolute Gasteiger partial charge is 0.117 e. The fourth-order valence-corrected chi connectivity index (χ4v) is 3.32. The highest BCUT2D eigenvalue weighted by Crippen LogP contribution is 2.37. The lowest BCUT2D eigenvalue weighted by Gasteiger charge is -2.15. The fourth-order valence-electron chi connectivity index (χ4n) is 2.26. The fraction of sp³-hybridized carbons (Fsp3) is 0.500. The van der Waals surface area contributed by atoms with Gasteiger partial charge in [-0.3, -0.25) is 0 Å². The molecular formula is C16H22O2S. The van der Waals surface area contributed by atoms with Crippen LogP contribution >= 0.6 is 11.3 Å². The summed E-state index contributed by atoms with van der Waals surface area (Å²) in [5.74, 6) is 1.70. The van der Waals surface area contributed by atoms with Crippen LogP contribution < -0.4 is 0 Å². The molecule has 1 N–H and O–H groups in total. The molecule has 0 amide bonds. The van der Waals surface area contributed by atoms with Crippen molar-refractivity contribution in [3.63, 3.8) is 0 Å². The van der Waals surface area contributed by atoms with Crippen LogP contribution in [-0.2, 0) is 5.41 Å². The molecule has 19 heavy (non-hydrogen) atoms. The zero-order chi connectivity index (χ0) is 14.4. The van der Waals surface area contributed by atoms with Crippen LogP contribution in [-0.4, -0.2) is 5.11 Å². The number of furan rings is 1. The highest BCUT2D eigenvalue weighted by atomic mass is 32.1. The Bertz CT molecular complexity index is 584. The van der Waals surface area contributed by atoms with Gasteiger partial charge in [0.05, 0.1) is 0 Å². The highest BCUT2D eigenvalue weighted by molar-refractivity contribution is 7.12. The quantitative estimate of drug-likeness (QED) is 0.867. The van der Waals surface area contributed by atoms with E-state index in [-0.39, 0.29) is 5.41 Å². The Kier molecular flexibility index (Phi) is 3.63. The molecule has 2 aromatic heterocycles. The number of aryl methyl sites for hydroxylation is 2. The molecule has 0 spiro atoms. The van der Waals surface area contributed by atoms with Crippen LogP contribution in [0.4, 0.5) is 0 Å². The molecule has 0 fully saturated rings. The molecule has 104 valence electrons. The van der Waals surface area contributed by atoms with Crippen molar-refractivity contribution in [1.29, 1.82) is 0 Å². The van der Waals surface area contributed by atoms with Crippen molar-refractivity contribution in [3.05, 3.63) is 44.5 Å². The van der Waals surface area contributed by atoms with Crippen molar-refractivity contribution >= 4 is 11.3 Å². The van der Waals surface area contributed by atoms with Gasteiger partial charge in [0, 0.05) is 15.3 Å². The average molecular weight is 278 g/mol. The molecule has 1 atom stereocenters. The maximum atomic E-state index is 10.6. The molecule has 0 saturated carbocycles. The zero-order valence-electron chi connectivity index (χ0n) is 12.5. The zero-order valence-corrected chi connectivity index (χ0v) is 13.3. The number of aliphatic hydroxyl groups excluding tert-OH is 1. The minimum atomic E-state index is -0.585. The molecule has 0 radical (unpaired) electrons. The SMILES string of the molecule is Cc1oc(C)c(C(O)c2ccc(C(C)(C)C)s2)c1C. The third-order valence-electron chi connectivity index (χ3n) is 3.53. The normalized spacial score (nSPS) is 13.8. The molecule has 2 aromatic rings. The Labute approximate surface area is 119 Å². The molecule has 0 bridgehead atoms. The van der Waals surface area contributed by atoms with Crippen LogP contribution in [0.5, 0.6) is 0 Å². The van der Waals surface area contributed by atoms with E-state index in [9.17, 15) is 5.11 Å². The van der Waals surface area contributed by atoms with Crippen LogP contribution in [0.25, 0.3) is 0 Å². The molecule has 2 heterocycles. The van der Waals surface area contributed by atoms with Gasteiger partial charge < -0.3 is 9.52 Å². The Morgan fingerprint density at radius 2 is 1.74 bits per heavy atom. The first-order valence-corrected chi connectivity index (χ1v) is 7.38. The van der Waals surface area contributed by atoms with E-state index in [1.54, 1.807) is 11.3 Å². The first kappa shape index (κ1) is 14.4. The van der Waals surface area contributed by atoms with Gasteiger partial charge in [-0.25, -0.2) is 0 Å². The number of hydrogen-bond donors (Lipinski definition) is 1. The first-order chi connectivity index (χ1) is 8.71. The molecule has 0 aliphatic carbocycles. The summed E-state index contributed by atoms with van der Waals surface area (Å²) in [5, 5.41) is 10.6. The molecule has 2 nitrogen and oxygen atoms in total. The summed E-state index contributed by atoms with van der Waals surface area (Å²) < 4.78 is 5.61. The average Bonchev–Trinajstić information content (AvgIpc) is 2.84. The number of thiophene rings is 1. The largest absolute Gasteiger partial charge is 0.466 e. The van der Waals surface area contributed by atoms with E-state index in [0.29, 0.717) is 0 Å².